The normalized spacial score (nSPS) is 11.7. The van der Waals surface area contributed by atoms with Crippen LogP contribution in [0.15, 0.2) is 48.5 Å². The van der Waals surface area contributed by atoms with E-state index in [1.54, 1.807) is 19.1 Å². The number of nitrogens with one attached hydrogen (secondary N) is 1. The lowest BCUT2D eigenvalue weighted by molar-refractivity contribution is -0.123. The zero-order valence-corrected chi connectivity index (χ0v) is 18.5. The van der Waals surface area contributed by atoms with Crippen LogP contribution in [0.4, 0.5) is 0 Å². The van der Waals surface area contributed by atoms with Crippen molar-refractivity contribution in [3.63, 3.8) is 0 Å². The summed E-state index contributed by atoms with van der Waals surface area (Å²) < 4.78 is 5.62. The zero-order chi connectivity index (χ0) is 21.7. The number of hydrogen-bond donors (Lipinski definition) is 1. The summed E-state index contributed by atoms with van der Waals surface area (Å²) in [7, 11) is 0. The fourth-order valence-corrected chi connectivity index (χ4v) is 4.06. The van der Waals surface area contributed by atoms with E-state index in [9.17, 15) is 9.59 Å². The maximum atomic E-state index is 12.2. The number of benzene rings is 2. The smallest absolute Gasteiger partial charge is 0.258 e. The lowest BCUT2D eigenvalue weighted by Crippen LogP contribution is -2.31. The average molecular weight is 423 g/mol. The van der Waals surface area contributed by atoms with E-state index in [2.05, 4.69) is 29.4 Å². The molecule has 30 heavy (non-hydrogen) atoms. The number of nitrogens with zero attached hydrogens (tertiary/aromatic N) is 1. The number of hydrogen-bond acceptors (Lipinski definition) is 5. The van der Waals surface area contributed by atoms with Crippen LogP contribution in [0.1, 0.15) is 53.3 Å². The highest BCUT2D eigenvalue weighted by atomic mass is 32.1. The molecule has 1 N–H and O–H groups in total. The first-order chi connectivity index (χ1) is 14.4. The second-order valence-corrected chi connectivity index (χ2v) is 8.19. The number of ketones is 1. The molecule has 5 nitrogen and oxygen atoms in total. The second kappa shape index (κ2) is 9.67. The van der Waals surface area contributed by atoms with Crippen molar-refractivity contribution in [1.29, 1.82) is 0 Å². The summed E-state index contributed by atoms with van der Waals surface area (Å²) in [5, 5.41) is 3.75. The summed E-state index contributed by atoms with van der Waals surface area (Å²) in [5.74, 6) is 0.458. The summed E-state index contributed by atoms with van der Waals surface area (Å²) in [4.78, 5) is 29.0. The van der Waals surface area contributed by atoms with Crippen LogP contribution in [-0.2, 0) is 11.2 Å². The van der Waals surface area contributed by atoms with E-state index in [-0.39, 0.29) is 24.3 Å². The fraction of sp³-hybridized carbons (Fsp3) is 0.292. The Morgan fingerprint density at radius 2 is 1.77 bits per heavy atom. The number of ether oxygens (including phenoxy) is 1. The van der Waals surface area contributed by atoms with Gasteiger partial charge in [-0.25, -0.2) is 4.98 Å². The van der Waals surface area contributed by atoms with Crippen molar-refractivity contribution in [1.82, 2.24) is 10.3 Å². The highest BCUT2D eigenvalue weighted by Crippen LogP contribution is 2.29. The monoisotopic (exact) mass is 422 g/mol. The van der Waals surface area contributed by atoms with Gasteiger partial charge in [0.1, 0.15) is 10.8 Å². The van der Waals surface area contributed by atoms with E-state index in [1.807, 2.05) is 38.1 Å². The average Bonchev–Trinajstić information content (AvgIpc) is 3.14. The van der Waals surface area contributed by atoms with Gasteiger partial charge in [0, 0.05) is 12.5 Å². The van der Waals surface area contributed by atoms with Gasteiger partial charge in [-0.05, 0) is 55.7 Å². The van der Waals surface area contributed by atoms with Crippen LogP contribution in [0.5, 0.6) is 5.75 Å². The SMILES string of the molecule is CCc1ccc([C@@H](C)NC(=O)COc2ccc(-c3nc(C)c(C(C)=O)s3)cc2)cc1. The van der Waals surface area contributed by atoms with Crippen molar-refractivity contribution in [2.45, 2.75) is 40.2 Å². The van der Waals surface area contributed by atoms with Gasteiger partial charge in [0.2, 0.25) is 0 Å². The Labute approximate surface area is 181 Å². The van der Waals surface area contributed by atoms with Crippen LogP contribution in [0.25, 0.3) is 10.6 Å². The molecule has 1 aromatic heterocycles. The molecule has 1 atom stereocenters. The molecule has 1 amide bonds. The summed E-state index contributed by atoms with van der Waals surface area (Å²) >= 11 is 1.39. The van der Waals surface area contributed by atoms with Gasteiger partial charge in [0.05, 0.1) is 16.6 Å². The molecule has 2 aromatic carbocycles. The van der Waals surface area contributed by atoms with Crippen molar-refractivity contribution in [2.75, 3.05) is 6.61 Å². The summed E-state index contributed by atoms with van der Waals surface area (Å²) in [6, 6.07) is 15.5. The van der Waals surface area contributed by atoms with Gasteiger partial charge < -0.3 is 10.1 Å². The number of carbonyl (C=O) groups is 2. The molecule has 0 radical (unpaired) electrons. The molecule has 0 aliphatic rings. The number of amides is 1. The molecule has 0 aliphatic heterocycles. The van der Waals surface area contributed by atoms with Gasteiger partial charge in [-0.1, -0.05) is 31.2 Å². The number of aromatic nitrogens is 1. The van der Waals surface area contributed by atoms with Crippen molar-refractivity contribution >= 4 is 23.0 Å². The molecule has 0 aliphatic carbocycles. The Balaban J connectivity index is 1.54. The molecule has 0 bridgehead atoms. The van der Waals surface area contributed by atoms with Crippen molar-refractivity contribution < 1.29 is 14.3 Å². The molecule has 156 valence electrons. The van der Waals surface area contributed by atoms with Crippen LogP contribution >= 0.6 is 11.3 Å². The molecule has 0 saturated heterocycles. The van der Waals surface area contributed by atoms with Crippen LogP contribution in [0.3, 0.4) is 0 Å². The number of carbonyl (C=O) groups excluding carboxylic acids is 2. The zero-order valence-electron chi connectivity index (χ0n) is 17.7. The number of Topliss-reactive ketones (excluding diaryl/α,β-unsaturated/α-hetero) is 1. The Kier molecular flexibility index (Phi) is 7.00. The van der Waals surface area contributed by atoms with Gasteiger partial charge in [-0.2, -0.15) is 0 Å². The predicted octanol–water partition coefficient (Wildman–Crippen LogP) is 5.14. The number of thiazole rings is 1. The Morgan fingerprint density at radius 1 is 1.10 bits per heavy atom. The first kappa shape index (κ1) is 21.7. The van der Waals surface area contributed by atoms with E-state index in [1.165, 1.54) is 16.9 Å². The van der Waals surface area contributed by atoms with E-state index in [4.69, 9.17) is 4.74 Å². The summed E-state index contributed by atoms with van der Waals surface area (Å²) in [6.45, 7) is 7.41. The van der Waals surface area contributed by atoms with E-state index < -0.39 is 0 Å². The minimum Gasteiger partial charge on any atom is -0.484 e. The maximum Gasteiger partial charge on any atom is 0.258 e. The third-order valence-electron chi connectivity index (χ3n) is 4.85. The lowest BCUT2D eigenvalue weighted by atomic mass is 10.1. The molecule has 0 spiro atoms. The summed E-state index contributed by atoms with van der Waals surface area (Å²) in [5.41, 5.74) is 4.00. The minimum atomic E-state index is -0.173. The molecular weight excluding hydrogens is 396 g/mol. The third kappa shape index (κ3) is 5.33. The maximum absolute atomic E-state index is 12.2. The molecule has 6 heteroatoms. The molecule has 0 fully saturated rings. The highest BCUT2D eigenvalue weighted by molar-refractivity contribution is 7.17. The van der Waals surface area contributed by atoms with Gasteiger partial charge in [-0.3, -0.25) is 9.59 Å². The standard InChI is InChI=1S/C24H26N2O3S/c1-5-18-6-8-19(9-7-18)15(2)25-22(28)14-29-21-12-10-20(11-13-21)24-26-16(3)23(30-24)17(4)27/h6-13,15H,5,14H2,1-4H3,(H,25,28)/t15-/m1/s1. The first-order valence-corrected chi connectivity index (χ1v) is 10.8. The predicted molar refractivity (Wildman–Crippen MR) is 120 cm³/mol. The third-order valence-corrected chi connectivity index (χ3v) is 6.16. The van der Waals surface area contributed by atoms with Gasteiger partial charge >= 0.3 is 0 Å². The Morgan fingerprint density at radius 3 is 2.33 bits per heavy atom. The summed E-state index contributed by atoms with van der Waals surface area (Å²) in [6.07, 6.45) is 0.994. The minimum absolute atomic E-state index is 0.0257. The van der Waals surface area contributed by atoms with Crippen molar-refractivity contribution in [3.05, 3.63) is 70.2 Å². The van der Waals surface area contributed by atoms with E-state index >= 15 is 0 Å². The Bertz CT molecular complexity index is 1020. The second-order valence-electron chi connectivity index (χ2n) is 7.19. The van der Waals surface area contributed by atoms with Gasteiger partial charge in [0.15, 0.2) is 12.4 Å². The van der Waals surface area contributed by atoms with Crippen molar-refractivity contribution in [2.24, 2.45) is 0 Å². The molecule has 1 heterocycles. The van der Waals surface area contributed by atoms with E-state index in [0.717, 1.165) is 28.2 Å². The number of rotatable bonds is 8. The van der Waals surface area contributed by atoms with Crippen LogP contribution < -0.4 is 10.1 Å². The van der Waals surface area contributed by atoms with Crippen molar-refractivity contribution in [3.8, 4) is 16.3 Å². The van der Waals surface area contributed by atoms with Crippen LogP contribution in [-0.4, -0.2) is 23.3 Å². The lowest BCUT2D eigenvalue weighted by Gasteiger charge is -2.15. The highest BCUT2D eigenvalue weighted by Gasteiger charge is 2.13. The fourth-order valence-electron chi connectivity index (χ4n) is 3.10. The first-order valence-electron chi connectivity index (χ1n) is 9.97. The molecule has 3 aromatic rings. The van der Waals surface area contributed by atoms with Crippen LogP contribution in [0.2, 0.25) is 0 Å². The number of aryl methyl sites for hydroxylation is 2. The molecular formula is C24H26N2O3S. The van der Waals surface area contributed by atoms with Gasteiger partial charge in [0.25, 0.3) is 5.91 Å². The molecule has 3 rings (SSSR count). The topological polar surface area (TPSA) is 68.3 Å². The Hall–Kier alpha value is -2.99. The largest absolute Gasteiger partial charge is 0.484 e. The molecule has 0 unspecified atom stereocenters. The quantitative estimate of drug-likeness (QED) is 0.511. The molecule has 0 saturated carbocycles. The van der Waals surface area contributed by atoms with Crippen LogP contribution in [0, 0.1) is 6.92 Å². The van der Waals surface area contributed by atoms with Gasteiger partial charge in [-0.15, -0.1) is 11.3 Å². The van der Waals surface area contributed by atoms with E-state index in [0.29, 0.717) is 10.6 Å².